The number of rotatable bonds is 0. The van der Waals surface area contributed by atoms with Crippen LogP contribution in [-0.4, -0.2) is 16.7 Å². The molecular formula is C10H6N2O2. The van der Waals surface area contributed by atoms with E-state index in [4.69, 9.17) is 5.26 Å². The van der Waals surface area contributed by atoms with Gasteiger partial charge in [-0.25, -0.2) is 0 Å². The summed E-state index contributed by atoms with van der Waals surface area (Å²) >= 11 is 0. The molecule has 1 aliphatic heterocycles. The van der Waals surface area contributed by atoms with E-state index in [0.717, 1.165) is 0 Å². The maximum atomic E-state index is 11.5. The lowest BCUT2D eigenvalue weighted by Gasteiger charge is -2.19. The van der Waals surface area contributed by atoms with Crippen LogP contribution in [0.15, 0.2) is 24.3 Å². The molecule has 0 saturated heterocycles. The summed E-state index contributed by atoms with van der Waals surface area (Å²) in [4.78, 5) is 23.4. The van der Waals surface area contributed by atoms with Crippen molar-refractivity contribution in [1.82, 2.24) is 4.90 Å². The van der Waals surface area contributed by atoms with Crippen LogP contribution in [0.4, 0.5) is 0 Å². The van der Waals surface area contributed by atoms with Gasteiger partial charge in [0.05, 0.1) is 6.42 Å². The molecule has 14 heavy (non-hydrogen) atoms. The average Bonchev–Trinajstić information content (AvgIpc) is 2.18. The number of carbonyl (C=O) groups is 2. The lowest BCUT2D eigenvalue weighted by Crippen LogP contribution is -2.38. The van der Waals surface area contributed by atoms with Crippen LogP contribution in [0.5, 0.6) is 0 Å². The Balaban J connectivity index is 2.55. The summed E-state index contributed by atoms with van der Waals surface area (Å²) in [6, 6.07) is 6.82. The third-order valence-corrected chi connectivity index (χ3v) is 2.14. The Bertz CT molecular complexity index is 459. The molecule has 0 unspecified atom stereocenters. The van der Waals surface area contributed by atoms with Crippen LogP contribution in [0, 0.1) is 11.5 Å². The van der Waals surface area contributed by atoms with E-state index in [0.29, 0.717) is 16.0 Å². The summed E-state index contributed by atoms with van der Waals surface area (Å²) in [5.74, 6) is -0.990. The second-order valence-corrected chi connectivity index (χ2v) is 2.97. The van der Waals surface area contributed by atoms with Gasteiger partial charge in [0.15, 0.2) is 6.19 Å². The fourth-order valence-electron chi connectivity index (χ4n) is 1.46. The third kappa shape index (κ3) is 1.07. The summed E-state index contributed by atoms with van der Waals surface area (Å²) in [7, 11) is 0. The Labute approximate surface area is 80.4 Å². The van der Waals surface area contributed by atoms with Gasteiger partial charge in [0.2, 0.25) is 5.91 Å². The zero-order chi connectivity index (χ0) is 10.1. The highest BCUT2D eigenvalue weighted by Crippen LogP contribution is 2.18. The van der Waals surface area contributed by atoms with Gasteiger partial charge in [-0.3, -0.25) is 9.59 Å². The van der Waals surface area contributed by atoms with Crippen molar-refractivity contribution in [3.05, 3.63) is 35.4 Å². The molecule has 0 spiro atoms. The molecule has 4 nitrogen and oxygen atoms in total. The van der Waals surface area contributed by atoms with Gasteiger partial charge in [-0.1, -0.05) is 18.2 Å². The highest BCUT2D eigenvalue weighted by atomic mass is 16.2. The first-order valence-electron chi connectivity index (χ1n) is 4.09. The molecule has 1 aliphatic rings. The van der Waals surface area contributed by atoms with E-state index in [-0.39, 0.29) is 6.42 Å². The second kappa shape index (κ2) is 2.96. The maximum absolute atomic E-state index is 11.5. The second-order valence-electron chi connectivity index (χ2n) is 2.97. The third-order valence-electron chi connectivity index (χ3n) is 2.14. The van der Waals surface area contributed by atoms with Crippen molar-refractivity contribution in [2.24, 2.45) is 0 Å². The quantitative estimate of drug-likeness (QED) is 0.442. The summed E-state index contributed by atoms with van der Waals surface area (Å²) in [5, 5.41) is 8.59. The van der Waals surface area contributed by atoms with E-state index in [2.05, 4.69) is 0 Å². The molecule has 0 bridgehead atoms. The van der Waals surface area contributed by atoms with Crippen LogP contribution >= 0.6 is 0 Å². The maximum Gasteiger partial charge on any atom is 0.274 e. The minimum absolute atomic E-state index is 0.121. The summed E-state index contributed by atoms with van der Waals surface area (Å²) in [6.45, 7) is 0. The van der Waals surface area contributed by atoms with Gasteiger partial charge in [0.1, 0.15) is 0 Å². The SMILES string of the molecule is N#CN1C(=O)Cc2ccccc2C1=O. The number of hydrogen-bond donors (Lipinski definition) is 0. The summed E-state index contributed by atoms with van der Waals surface area (Å²) < 4.78 is 0. The van der Waals surface area contributed by atoms with Gasteiger partial charge in [-0.15, -0.1) is 0 Å². The Morgan fingerprint density at radius 1 is 1.29 bits per heavy atom. The lowest BCUT2D eigenvalue weighted by atomic mass is 9.99. The van der Waals surface area contributed by atoms with Gasteiger partial charge < -0.3 is 0 Å². The minimum Gasteiger partial charge on any atom is -0.273 e. The van der Waals surface area contributed by atoms with E-state index in [1.165, 1.54) is 0 Å². The van der Waals surface area contributed by atoms with Gasteiger partial charge in [0, 0.05) is 5.56 Å². The number of imide groups is 1. The smallest absolute Gasteiger partial charge is 0.273 e. The van der Waals surface area contributed by atoms with Gasteiger partial charge >= 0.3 is 0 Å². The van der Waals surface area contributed by atoms with Crippen LogP contribution in [0.3, 0.4) is 0 Å². The molecule has 1 heterocycles. The monoisotopic (exact) mass is 186 g/mol. The molecule has 1 aromatic carbocycles. The van der Waals surface area contributed by atoms with Crippen molar-refractivity contribution in [1.29, 1.82) is 5.26 Å². The molecule has 4 heteroatoms. The summed E-state index contributed by atoms with van der Waals surface area (Å²) in [5.41, 5.74) is 1.13. The zero-order valence-corrected chi connectivity index (χ0v) is 7.23. The van der Waals surface area contributed by atoms with Crippen LogP contribution < -0.4 is 0 Å². The predicted octanol–water partition coefficient (Wildman–Crippen LogP) is 0.693. The number of amides is 2. The van der Waals surface area contributed by atoms with Crippen molar-refractivity contribution in [3.63, 3.8) is 0 Å². The van der Waals surface area contributed by atoms with Crippen molar-refractivity contribution in [2.45, 2.75) is 6.42 Å². The normalized spacial score (nSPS) is 14.9. The number of fused-ring (bicyclic) bond motifs is 1. The largest absolute Gasteiger partial charge is 0.274 e. The molecule has 0 aliphatic carbocycles. The van der Waals surface area contributed by atoms with Crippen molar-refractivity contribution < 1.29 is 9.59 Å². The van der Waals surface area contributed by atoms with Crippen molar-refractivity contribution >= 4 is 11.8 Å². The van der Waals surface area contributed by atoms with E-state index >= 15 is 0 Å². The lowest BCUT2D eigenvalue weighted by molar-refractivity contribution is -0.125. The standard InChI is InChI=1S/C10H6N2O2/c11-6-12-9(13)5-7-3-1-2-4-8(7)10(12)14/h1-4H,5H2. The molecule has 0 atom stereocenters. The van der Waals surface area contributed by atoms with Gasteiger partial charge in [-0.05, 0) is 11.6 Å². The first-order chi connectivity index (χ1) is 6.74. The number of nitrogens with zero attached hydrogens (tertiary/aromatic N) is 2. The van der Waals surface area contributed by atoms with Crippen LogP contribution in [0.2, 0.25) is 0 Å². The number of nitriles is 1. The average molecular weight is 186 g/mol. The van der Waals surface area contributed by atoms with Crippen LogP contribution in [0.25, 0.3) is 0 Å². The van der Waals surface area contributed by atoms with Crippen molar-refractivity contribution in [3.8, 4) is 6.19 Å². The van der Waals surface area contributed by atoms with E-state index in [1.807, 2.05) is 0 Å². The van der Waals surface area contributed by atoms with Gasteiger partial charge in [-0.2, -0.15) is 10.2 Å². The summed E-state index contributed by atoms with van der Waals surface area (Å²) in [6.07, 6.45) is 1.70. The number of hydrogen-bond acceptors (Lipinski definition) is 3. The molecule has 2 rings (SSSR count). The molecule has 0 aromatic heterocycles. The molecular weight excluding hydrogens is 180 g/mol. The fourth-order valence-corrected chi connectivity index (χ4v) is 1.46. The fraction of sp³-hybridized carbons (Fsp3) is 0.100. The Morgan fingerprint density at radius 3 is 2.71 bits per heavy atom. The molecule has 68 valence electrons. The van der Waals surface area contributed by atoms with Crippen LogP contribution in [0.1, 0.15) is 15.9 Å². The molecule has 0 radical (unpaired) electrons. The number of benzene rings is 1. The Kier molecular flexibility index (Phi) is 1.79. The number of carbonyl (C=O) groups excluding carboxylic acids is 2. The first kappa shape index (κ1) is 8.45. The van der Waals surface area contributed by atoms with Crippen molar-refractivity contribution in [2.75, 3.05) is 0 Å². The molecule has 0 N–H and O–H groups in total. The van der Waals surface area contributed by atoms with E-state index < -0.39 is 11.8 Å². The van der Waals surface area contributed by atoms with Crippen LogP contribution in [-0.2, 0) is 11.2 Å². The molecule has 2 amide bonds. The Morgan fingerprint density at radius 2 is 2.00 bits per heavy atom. The zero-order valence-electron chi connectivity index (χ0n) is 7.23. The molecule has 0 saturated carbocycles. The highest BCUT2D eigenvalue weighted by Gasteiger charge is 2.30. The first-order valence-corrected chi connectivity index (χ1v) is 4.09. The predicted molar refractivity (Wildman–Crippen MR) is 46.9 cm³/mol. The van der Waals surface area contributed by atoms with Gasteiger partial charge in [0.25, 0.3) is 5.91 Å². The molecule has 1 aromatic rings. The van der Waals surface area contributed by atoms with E-state index in [9.17, 15) is 9.59 Å². The Hall–Kier alpha value is -2.15. The minimum atomic E-state index is -0.528. The van der Waals surface area contributed by atoms with E-state index in [1.54, 1.807) is 30.5 Å². The molecule has 0 fully saturated rings. The topological polar surface area (TPSA) is 61.2 Å². The highest BCUT2D eigenvalue weighted by molar-refractivity contribution is 6.10.